The van der Waals surface area contributed by atoms with E-state index in [-0.39, 0.29) is 18.0 Å². The molecule has 2 aliphatic heterocycles. The summed E-state index contributed by atoms with van der Waals surface area (Å²) in [4.78, 5) is 16.3. The second-order valence-electron chi connectivity index (χ2n) is 4.42. The second-order valence-corrected chi connectivity index (χ2v) is 5.82. The lowest BCUT2D eigenvalue weighted by Crippen LogP contribution is -2.46. The Hall–Kier alpha value is -1.08. The highest BCUT2D eigenvalue weighted by Crippen LogP contribution is 2.21. The maximum absolute atomic E-state index is 11.8. The number of hydrogen-bond acceptors (Lipinski definition) is 5. The van der Waals surface area contributed by atoms with Crippen molar-refractivity contribution in [3.05, 3.63) is 34.9 Å². The monoisotopic (exact) mass is 296 g/mol. The standard InChI is InChI=1S/C12H13ClN4OS/c13-8-3-1-2-7(4-8)6-19-12-15-10-9(5-14-17-10)11(18)16-12/h1-4,9-10,14,17H,5-6H2,(H,15,16,18). The van der Waals surface area contributed by atoms with Gasteiger partial charge in [-0.05, 0) is 17.7 Å². The molecular formula is C12H13ClN4OS. The molecule has 0 radical (unpaired) electrons. The van der Waals surface area contributed by atoms with Gasteiger partial charge in [-0.3, -0.25) is 10.2 Å². The highest BCUT2D eigenvalue weighted by molar-refractivity contribution is 8.13. The number of hydrazine groups is 1. The van der Waals surface area contributed by atoms with Crippen LogP contribution in [0.1, 0.15) is 5.56 Å². The lowest BCUT2D eigenvalue weighted by molar-refractivity contribution is -0.123. The molecule has 5 nitrogen and oxygen atoms in total. The number of nitrogens with zero attached hydrogens (tertiary/aromatic N) is 1. The Bertz CT molecular complexity index is 536. The lowest BCUT2D eigenvalue weighted by Gasteiger charge is -2.22. The number of benzene rings is 1. The third-order valence-electron chi connectivity index (χ3n) is 3.04. The number of halogens is 1. The van der Waals surface area contributed by atoms with Gasteiger partial charge >= 0.3 is 0 Å². The number of amidine groups is 1. The van der Waals surface area contributed by atoms with Crippen LogP contribution in [-0.2, 0) is 10.5 Å². The first-order valence-electron chi connectivity index (χ1n) is 5.97. The molecular weight excluding hydrogens is 284 g/mol. The number of nitrogens with one attached hydrogen (secondary N) is 3. The predicted molar refractivity (Wildman–Crippen MR) is 76.7 cm³/mol. The lowest BCUT2D eigenvalue weighted by atomic mass is 10.1. The van der Waals surface area contributed by atoms with E-state index in [0.29, 0.717) is 11.7 Å². The first kappa shape index (κ1) is 12.9. The van der Waals surface area contributed by atoms with Gasteiger partial charge in [-0.25, -0.2) is 10.4 Å². The minimum absolute atomic E-state index is 0.0195. The Morgan fingerprint density at radius 3 is 3.21 bits per heavy atom. The van der Waals surface area contributed by atoms with Crippen LogP contribution in [0.25, 0.3) is 0 Å². The summed E-state index contributed by atoms with van der Waals surface area (Å²) in [7, 11) is 0. The van der Waals surface area contributed by atoms with Gasteiger partial charge in [0.2, 0.25) is 5.91 Å². The zero-order chi connectivity index (χ0) is 13.2. The number of fused-ring (bicyclic) bond motifs is 1. The van der Waals surface area contributed by atoms with Gasteiger partial charge in [0, 0.05) is 17.3 Å². The van der Waals surface area contributed by atoms with Gasteiger partial charge in [0.1, 0.15) is 6.17 Å². The summed E-state index contributed by atoms with van der Waals surface area (Å²) < 4.78 is 0. The Balaban J connectivity index is 1.65. The van der Waals surface area contributed by atoms with Gasteiger partial charge < -0.3 is 5.32 Å². The minimum Gasteiger partial charge on any atom is -0.305 e. The molecule has 1 amide bonds. The zero-order valence-electron chi connectivity index (χ0n) is 10.0. The fourth-order valence-electron chi connectivity index (χ4n) is 2.05. The molecule has 2 heterocycles. The van der Waals surface area contributed by atoms with Crippen molar-refractivity contribution in [2.45, 2.75) is 11.9 Å². The molecule has 19 heavy (non-hydrogen) atoms. The summed E-state index contributed by atoms with van der Waals surface area (Å²) in [6, 6.07) is 7.67. The first-order valence-corrected chi connectivity index (χ1v) is 7.33. The Labute approximate surface area is 120 Å². The molecule has 3 N–H and O–H groups in total. The summed E-state index contributed by atoms with van der Waals surface area (Å²) in [5.74, 6) is 0.631. The summed E-state index contributed by atoms with van der Waals surface area (Å²) in [6.45, 7) is 0.617. The number of hydrogen-bond donors (Lipinski definition) is 3. The maximum atomic E-state index is 11.8. The van der Waals surface area contributed by atoms with E-state index in [1.54, 1.807) is 0 Å². The quantitative estimate of drug-likeness (QED) is 0.765. The summed E-state index contributed by atoms with van der Waals surface area (Å²) >= 11 is 7.44. The number of carbonyl (C=O) groups excluding carboxylic acids is 1. The van der Waals surface area contributed by atoms with E-state index in [2.05, 4.69) is 21.2 Å². The summed E-state index contributed by atoms with van der Waals surface area (Å²) in [5, 5.41) is 4.21. The van der Waals surface area contributed by atoms with Crippen LogP contribution in [-0.4, -0.2) is 23.8 Å². The SMILES string of the molecule is O=C1NC(SCc2cccc(Cl)c2)=NC2NNCC12. The third kappa shape index (κ3) is 2.92. The van der Waals surface area contributed by atoms with Crippen molar-refractivity contribution in [1.82, 2.24) is 16.2 Å². The van der Waals surface area contributed by atoms with Crippen molar-refractivity contribution in [2.24, 2.45) is 10.9 Å². The smallest absolute Gasteiger partial charge is 0.233 e. The number of rotatable bonds is 2. The fourth-order valence-corrected chi connectivity index (χ4v) is 3.11. The first-order chi connectivity index (χ1) is 9.22. The third-order valence-corrected chi connectivity index (χ3v) is 4.23. The van der Waals surface area contributed by atoms with Crippen molar-refractivity contribution in [1.29, 1.82) is 0 Å². The molecule has 1 fully saturated rings. The Morgan fingerprint density at radius 1 is 1.47 bits per heavy atom. The van der Waals surface area contributed by atoms with Crippen molar-refractivity contribution < 1.29 is 4.79 Å². The van der Waals surface area contributed by atoms with E-state index in [9.17, 15) is 4.79 Å². The van der Waals surface area contributed by atoms with Crippen molar-refractivity contribution in [2.75, 3.05) is 6.54 Å². The van der Waals surface area contributed by atoms with Crippen molar-refractivity contribution in [3.8, 4) is 0 Å². The Kier molecular flexibility index (Phi) is 3.74. The van der Waals surface area contributed by atoms with Crippen LogP contribution in [0.3, 0.4) is 0 Å². The molecule has 0 bridgehead atoms. The van der Waals surface area contributed by atoms with Crippen LogP contribution in [0, 0.1) is 5.92 Å². The second kappa shape index (κ2) is 5.50. The van der Waals surface area contributed by atoms with Gasteiger partial charge in [0.25, 0.3) is 0 Å². The van der Waals surface area contributed by atoms with E-state index in [0.717, 1.165) is 16.3 Å². The van der Waals surface area contributed by atoms with E-state index in [1.165, 1.54) is 11.8 Å². The molecule has 2 atom stereocenters. The van der Waals surface area contributed by atoms with Gasteiger partial charge in [-0.15, -0.1) is 0 Å². The van der Waals surface area contributed by atoms with Gasteiger partial charge in [-0.2, -0.15) is 0 Å². The molecule has 3 rings (SSSR count). The van der Waals surface area contributed by atoms with Gasteiger partial charge in [-0.1, -0.05) is 35.5 Å². The molecule has 0 aliphatic carbocycles. The molecule has 1 aromatic carbocycles. The molecule has 1 aromatic rings. The maximum Gasteiger partial charge on any atom is 0.233 e. The number of aliphatic imine (C=N–C) groups is 1. The molecule has 2 aliphatic rings. The van der Waals surface area contributed by atoms with Crippen LogP contribution in [0.4, 0.5) is 0 Å². The molecule has 7 heteroatoms. The normalized spacial score (nSPS) is 25.7. The summed E-state index contributed by atoms with van der Waals surface area (Å²) in [5.41, 5.74) is 7.05. The summed E-state index contributed by atoms with van der Waals surface area (Å²) in [6.07, 6.45) is -0.157. The average Bonchev–Trinajstić information content (AvgIpc) is 2.85. The molecule has 0 aromatic heterocycles. The van der Waals surface area contributed by atoms with E-state index < -0.39 is 0 Å². The van der Waals surface area contributed by atoms with Crippen LogP contribution in [0.15, 0.2) is 29.3 Å². The number of thioether (sulfide) groups is 1. The highest BCUT2D eigenvalue weighted by atomic mass is 35.5. The molecule has 100 valence electrons. The van der Waals surface area contributed by atoms with Crippen LogP contribution >= 0.6 is 23.4 Å². The minimum atomic E-state index is -0.157. The molecule has 1 saturated heterocycles. The number of carbonyl (C=O) groups is 1. The van der Waals surface area contributed by atoms with Crippen LogP contribution in [0.2, 0.25) is 5.02 Å². The van der Waals surface area contributed by atoms with Crippen molar-refractivity contribution in [3.63, 3.8) is 0 Å². The van der Waals surface area contributed by atoms with E-state index in [4.69, 9.17) is 11.6 Å². The Morgan fingerprint density at radius 2 is 2.37 bits per heavy atom. The molecule has 2 unspecified atom stereocenters. The van der Waals surface area contributed by atoms with Gasteiger partial charge in [0.15, 0.2) is 5.17 Å². The predicted octanol–water partition coefficient (Wildman–Crippen LogP) is 1.11. The van der Waals surface area contributed by atoms with Crippen LogP contribution < -0.4 is 16.2 Å². The molecule has 0 spiro atoms. The zero-order valence-corrected chi connectivity index (χ0v) is 11.6. The highest BCUT2D eigenvalue weighted by Gasteiger charge is 2.36. The molecule has 0 saturated carbocycles. The topological polar surface area (TPSA) is 65.5 Å². The number of amides is 1. The van der Waals surface area contributed by atoms with E-state index in [1.807, 2.05) is 24.3 Å². The van der Waals surface area contributed by atoms with Gasteiger partial charge in [0.05, 0.1) is 5.92 Å². The van der Waals surface area contributed by atoms with E-state index >= 15 is 0 Å². The van der Waals surface area contributed by atoms with Crippen molar-refractivity contribution >= 4 is 34.4 Å². The average molecular weight is 297 g/mol. The van der Waals surface area contributed by atoms with Crippen LogP contribution in [0.5, 0.6) is 0 Å². The fraction of sp³-hybridized carbons (Fsp3) is 0.333. The largest absolute Gasteiger partial charge is 0.305 e.